The molecule has 1 amide bonds. The number of hydrogen-bond acceptors (Lipinski definition) is 3. The summed E-state index contributed by atoms with van der Waals surface area (Å²) in [5.74, 6) is -1.50. The Balaban J connectivity index is 2.01. The summed E-state index contributed by atoms with van der Waals surface area (Å²) in [7, 11) is -3.60. The van der Waals surface area contributed by atoms with Crippen LogP contribution in [0.5, 0.6) is 0 Å². The molecule has 0 radical (unpaired) electrons. The zero-order valence-electron chi connectivity index (χ0n) is 12.3. The van der Waals surface area contributed by atoms with Crippen LogP contribution in [0.25, 0.3) is 0 Å². The summed E-state index contributed by atoms with van der Waals surface area (Å²) in [4.78, 5) is 11.9. The molecule has 4 nitrogen and oxygen atoms in total. The van der Waals surface area contributed by atoms with E-state index in [4.69, 9.17) is 11.6 Å². The van der Waals surface area contributed by atoms with Gasteiger partial charge in [0.2, 0.25) is 5.91 Å². The second kappa shape index (κ2) is 7.10. The largest absolute Gasteiger partial charge is 0.324 e. The highest BCUT2D eigenvalue weighted by Crippen LogP contribution is 2.18. The Labute approximate surface area is 139 Å². The predicted octanol–water partition coefficient (Wildman–Crippen LogP) is 3.59. The Bertz CT molecular complexity index is 820. The molecule has 0 spiro atoms. The molecular formula is C16H15ClFNO3S. The molecule has 0 aliphatic heterocycles. The van der Waals surface area contributed by atoms with Crippen molar-refractivity contribution < 1.29 is 17.6 Å². The molecule has 0 saturated carbocycles. The van der Waals surface area contributed by atoms with Gasteiger partial charge in [0.25, 0.3) is 0 Å². The van der Waals surface area contributed by atoms with Crippen molar-refractivity contribution in [1.29, 1.82) is 0 Å². The fourth-order valence-electron chi connectivity index (χ4n) is 1.93. The molecule has 2 aromatic rings. The molecule has 0 unspecified atom stereocenters. The van der Waals surface area contributed by atoms with Gasteiger partial charge in [-0.3, -0.25) is 4.79 Å². The van der Waals surface area contributed by atoms with Crippen molar-refractivity contribution in [2.24, 2.45) is 0 Å². The molecule has 1 N–H and O–H groups in total. The quantitative estimate of drug-likeness (QED) is 0.891. The van der Waals surface area contributed by atoms with Crippen LogP contribution in [-0.4, -0.2) is 20.1 Å². The van der Waals surface area contributed by atoms with Crippen LogP contribution in [0, 0.1) is 12.7 Å². The second-order valence-electron chi connectivity index (χ2n) is 5.05. The lowest BCUT2D eigenvalue weighted by atomic mass is 10.2. The van der Waals surface area contributed by atoms with Crippen molar-refractivity contribution in [2.45, 2.75) is 18.2 Å². The van der Waals surface area contributed by atoms with Gasteiger partial charge in [0.15, 0.2) is 9.84 Å². The average Bonchev–Trinajstić information content (AvgIpc) is 2.49. The summed E-state index contributed by atoms with van der Waals surface area (Å²) in [5.41, 5.74) is 0.828. The number of anilines is 1. The summed E-state index contributed by atoms with van der Waals surface area (Å²) in [5, 5.41) is 2.81. The molecule has 23 heavy (non-hydrogen) atoms. The zero-order valence-corrected chi connectivity index (χ0v) is 13.9. The zero-order chi connectivity index (χ0) is 17.0. The van der Waals surface area contributed by atoms with Gasteiger partial charge < -0.3 is 5.32 Å². The van der Waals surface area contributed by atoms with Crippen LogP contribution in [0.2, 0.25) is 5.02 Å². The highest BCUT2D eigenvalue weighted by Gasteiger charge is 2.17. The summed E-state index contributed by atoms with van der Waals surface area (Å²) >= 11 is 5.71. The van der Waals surface area contributed by atoms with Gasteiger partial charge in [-0.05, 0) is 48.9 Å². The first-order valence-corrected chi connectivity index (χ1v) is 8.85. The number of carbonyl (C=O) groups is 1. The van der Waals surface area contributed by atoms with E-state index >= 15 is 0 Å². The van der Waals surface area contributed by atoms with Gasteiger partial charge in [0, 0.05) is 11.4 Å². The first-order chi connectivity index (χ1) is 10.8. The summed E-state index contributed by atoms with van der Waals surface area (Å²) in [6.07, 6.45) is -0.266. The highest BCUT2D eigenvalue weighted by atomic mass is 35.5. The third kappa shape index (κ3) is 4.77. The van der Waals surface area contributed by atoms with Gasteiger partial charge in [0.1, 0.15) is 5.82 Å². The fraction of sp³-hybridized carbons (Fsp3) is 0.188. The number of nitrogens with one attached hydrogen (secondary N) is 1. The van der Waals surface area contributed by atoms with Crippen LogP contribution >= 0.6 is 11.6 Å². The summed E-state index contributed by atoms with van der Waals surface area (Å²) in [6, 6.07) is 10.0. The third-order valence-electron chi connectivity index (χ3n) is 3.17. The number of aryl methyl sites for hydroxylation is 1. The normalized spacial score (nSPS) is 11.3. The second-order valence-corrected chi connectivity index (χ2v) is 7.60. The average molecular weight is 356 g/mol. The molecule has 0 saturated heterocycles. The molecule has 0 aromatic heterocycles. The highest BCUT2D eigenvalue weighted by molar-refractivity contribution is 7.91. The molecule has 0 aliphatic carbocycles. The molecule has 0 bridgehead atoms. The van der Waals surface area contributed by atoms with E-state index in [-0.39, 0.29) is 22.8 Å². The first-order valence-electron chi connectivity index (χ1n) is 6.82. The van der Waals surface area contributed by atoms with Crippen molar-refractivity contribution >= 4 is 33.0 Å². The topological polar surface area (TPSA) is 63.2 Å². The molecule has 122 valence electrons. The van der Waals surface area contributed by atoms with Crippen molar-refractivity contribution in [1.82, 2.24) is 0 Å². The number of amides is 1. The van der Waals surface area contributed by atoms with E-state index in [0.29, 0.717) is 5.02 Å². The standard InChI is InChI=1S/C16H15ClFNO3S/c1-11-2-7-14(18)15(10-11)19-16(20)8-9-23(21,22)13-5-3-12(17)4-6-13/h2-7,10H,8-9H2,1H3,(H,19,20). The van der Waals surface area contributed by atoms with Gasteiger partial charge in [-0.2, -0.15) is 0 Å². The molecule has 0 fully saturated rings. The molecule has 0 heterocycles. The number of carbonyl (C=O) groups excluding carboxylic acids is 1. The van der Waals surface area contributed by atoms with Crippen molar-refractivity contribution in [3.05, 3.63) is 58.9 Å². The number of halogens is 2. The molecule has 7 heteroatoms. The van der Waals surface area contributed by atoms with Gasteiger partial charge in [-0.15, -0.1) is 0 Å². The van der Waals surface area contributed by atoms with Crippen LogP contribution in [0.4, 0.5) is 10.1 Å². The van der Waals surface area contributed by atoms with Crippen LogP contribution in [0.15, 0.2) is 47.4 Å². The Kier molecular flexibility index (Phi) is 5.38. The van der Waals surface area contributed by atoms with Crippen molar-refractivity contribution in [2.75, 3.05) is 11.1 Å². The van der Waals surface area contributed by atoms with Gasteiger partial charge in [-0.1, -0.05) is 17.7 Å². The van der Waals surface area contributed by atoms with Crippen molar-refractivity contribution in [3.8, 4) is 0 Å². The van der Waals surface area contributed by atoms with Crippen LogP contribution < -0.4 is 5.32 Å². The van der Waals surface area contributed by atoms with E-state index in [1.165, 1.54) is 36.4 Å². The maximum Gasteiger partial charge on any atom is 0.225 e. The van der Waals surface area contributed by atoms with Gasteiger partial charge >= 0.3 is 0 Å². The van der Waals surface area contributed by atoms with E-state index in [2.05, 4.69) is 5.32 Å². The van der Waals surface area contributed by atoms with Crippen molar-refractivity contribution in [3.63, 3.8) is 0 Å². The smallest absolute Gasteiger partial charge is 0.225 e. The predicted molar refractivity (Wildman–Crippen MR) is 87.9 cm³/mol. The Morgan fingerprint density at radius 1 is 1.17 bits per heavy atom. The van der Waals surface area contributed by atoms with E-state index < -0.39 is 21.6 Å². The number of sulfone groups is 1. The van der Waals surface area contributed by atoms with Gasteiger partial charge in [0.05, 0.1) is 16.3 Å². The Morgan fingerprint density at radius 3 is 2.48 bits per heavy atom. The minimum absolute atomic E-state index is 0.0406. The molecular weight excluding hydrogens is 341 g/mol. The monoisotopic (exact) mass is 355 g/mol. The minimum atomic E-state index is -3.60. The molecule has 0 atom stereocenters. The van der Waals surface area contributed by atoms with Gasteiger partial charge in [-0.25, -0.2) is 12.8 Å². The summed E-state index contributed by atoms with van der Waals surface area (Å²) in [6.45, 7) is 1.76. The SMILES string of the molecule is Cc1ccc(F)c(NC(=O)CCS(=O)(=O)c2ccc(Cl)cc2)c1. The lowest BCUT2D eigenvalue weighted by Crippen LogP contribution is -2.18. The first kappa shape index (κ1) is 17.4. The number of hydrogen-bond donors (Lipinski definition) is 1. The number of benzene rings is 2. The fourth-order valence-corrected chi connectivity index (χ4v) is 3.30. The molecule has 2 rings (SSSR count). The van der Waals surface area contributed by atoms with Crippen LogP contribution in [0.1, 0.15) is 12.0 Å². The maximum absolute atomic E-state index is 13.6. The van der Waals surface area contributed by atoms with Crippen LogP contribution in [0.3, 0.4) is 0 Å². The number of rotatable bonds is 5. The van der Waals surface area contributed by atoms with E-state index in [1.807, 2.05) is 0 Å². The molecule has 0 aliphatic rings. The summed E-state index contributed by atoms with van der Waals surface area (Å²) < 4.78 is 37.8. The Morgan fingerprint density at radius 2 is 1.83 bits per heavy atom. The third-order valence-corrected chi connectivity index (χ3v) is 5.15. The van der Waals surface area contributed by atoms with E-state index in [0.717, 1.165) is 5.56 Å². The van der Waals surface area contributed by atoms with E-state index in [9.17, 15) is 17.6 Å². The molecule has 2 aromatic carbocycles. The van der Waals surface area contributed by atoms with E-state index in [1.54, 1.807) is 13.0 Å². The lowest BCUT2D eigenvalue weighted by molar-refractivity contribution is -0.115. The maximum atomic E-state index is 13.6. The van der Waals surface area contributed by atoms with Crippen LogP contribution in [-0.2, 0) is 14.6 Å². The Hall–Kier alpha value is -1.92. The lowest BCUT2D eigenvalue weighted by Gasteiger charge is -2.08. The minimum Gasteiger partial charge on any atom is -0.324 e.